The van der Waals surface area contributed by atoms with Crippen molar-refractivity contribution in [3.8, 4) is 0 Å². The molecule has 1 aliphatic heterocycles. The highest BCUT2D eigenvalue weighted by atomic mass is 16.2. The van der Waals surface area contributed by atoms with Crippen LogP contribution in [0.15, 0.2) is 6.20 Å². The van der Waals surface area contributed by atoms with Crippen LogP contribution in [0.5, 0.6) is 0 Å². The average molecular weight is 180 g/mol. The first-order valence-corrected chi connectivity index (χ1v) is 4.33. The molecule has 5 heteroatoms. The van der Waals surface area contributed by atoms with E-state index in [9.17, 15) is 4.79 Å². The molecule has 2 rings (SSSR count). The van der Waals surface area contributed by atoms with Gasteiger partial charge in [-0.2, -0.15) is 5.10 Å². The van der Waals surface area contributed by atoms with Crippen molar-refractivity contribution >= 4 is 6.03 Å². The molecule has 2 amide bonds. The standard InChI is InChI=1S/C8H12N4O/c9-8(13)12-3-1-2-7-6(5-12)4-10-11-7/h4H,1-3,5H2,(H2,9,13)(H,10,11). The van der Waals surface area contributed by atoms with Gasteiger partial charge < -0.3 is 10.6 Å². The van der Waals surface area contributed by atoms with E-state index in [0.717, 1.165) is 30.6 Å². The summed E-state index contributed by atoms with van der Waals surface area (Å²) in [7, 11) is 0. The lowest BCUT2D eigenvalue weighted by Crippen LogP contribution is -2.35. The van der Waals surface area contributed by atoms with Crippen molar-refractivity contribution in [2.24, 2.45) is 5.73 Å². The number of carbonyl (C=O) groups is 1. The third kappa shape index (κ3) is 1.49. The summed E-state index contributed by atoms with van der Waals surface area (Å²) in [6.45, 7) is 1.32. The molecule has 1 aliphatic rings. The van der Waals surface area contributed by atoms with Crippen LogP contribution in [0.3, 0.4) is 0 Å². The van der Waals surface area contributed by atoms with Gasteiger partial charge in [-0.15, -0.1) is 0 Å². The van der Waals surface area contributed by atoms with E-state index in [2.05, 4.69) is 10.2 Å². The van der Waals surface area contributed by atoms with Gasteiger partial charge in [0.2, 0.25) is 0 Å². The van der Waals surface area contributed by atoms with Crippen LogP contribution in [0, 0.1) is 0 Å². The third-order valence-corrected chi connectivity index (χ3v) is 2.34. The molecule has 0 aliphatic carbocycles. The SMILES string of the molecule is NC(=O)N1CCCc2[nH]ncc2C1. The van der Waals surface area contributed by atoms with Crippen molar-refractivity contribution in [1.29, 1.82) is 0 Å². The molecule has 1 aromatic heterocycles. The van der Waals surface area contributed by atoms with E-state index in [0.29, 0.717) is 6.54 Å². The largest absolute Gasteiger partial charge is 0.351 e. The summed E-state index contributed by atoms with van der Waals surface area (Å²) in [4.78, 5) is 12.6. The van der Waals surface area contributed by atoms with E-state index < -0.39 is 0 Å². The summed E-state index contributed by atoms with van der Waals surface area (Å²) in [5.74, 6) is 0. The average Bonchev–Trinajstić information content (AvgIpc) is 2.42. The van der Waals surface area contributed by atoms with Crippen LogP contribution in [0.2, 0.25) is 0 Å². The number of aromatic nitrogens is 2. The minimum Gasteiger partial charge on any atom is -0.351 e. The Morgan fingerprint density at radius 2 is 2.54 bits per heavy atom. The van der Waals surface area contributed by atoms with Crippen molar-refractivity contribution in [3.05, 3.63) is 17.5 Å². The van der Waals surface area contributed by atoms with Crippen molar-refractivity contribution in [1.82, 2.24) is 15.1 Å². The minimum absolute atomic E-state index is 0.353. The molecule has 0 radical (unpaired) electrons. The van der Waals surface area contributed by atoms with Crippen molar-refractivity contribution < 1.29 is 4.79 Å². The topological polar surface area (TPSA) is 75.0 Å². The van der Waals surface area contributed by atoms with Crippen LogP contribution in [0.1, 0.15) is 17.7 Å². The van der Waals surface area contributed by atoms with Crippen LogP contribution in [0.25, 0.3) is 0 Å². The fraction of sp³-hybridized carbons (Fsp3) is 0.500. The number of nitrogens with one attached hydrogen (secondary N) is 1. The molecular weight excluding hydrogens is 168 g/mol. The second kappa shape index (κ2) is 3.08. The number of fused-ring (bicyclic) bond motifs is 1. The number of aromatic amines is 1. The zero-order valence-electron chi connectivity index (χ0n) is 7.29. The Labute approximate surface area is 75.9 Å². The maximum absolute atomic E-state index is 11.0. The third-order valence-electron chi connectivity index (χ3n) is 2.34. The highest BCUT2D eigenvalue weighted by molar-refractivity contribution is 5.72. The zero-order valence-corrected chi connectivity index (χ0v) is 7.29. The Kier molecular flexibility index (Phi) is 1.92. The maximum Gasteiger partial charge on any atom is 0.315 e. The van der Waals surface area contributed by atoms with Crippen molar-refractivity contribution in [2.75, 3.05) is 6.54 Å². The monoisotopic (exact) mass is 180 g/mol. The molecule has 5 nitrogen and oxygen atoms in total. The summed E-state index contributed by atoms with van der Waals surface area (Å²) < 4.78 is 0. The van der Waals surface area contributed by atoms with E-state index in [4.69, 9.17) is 5.73 Å². The Morgan fingerprint density at radius 1 is 1.69 bits per heavy atom. The molecule has 3 N–H and O–H groups in total. The van der Waals surface area contributed by atoms with Gasteiger partial charge in [0.15, 0.2) is 0 Å². The molecule has 70 valence electrons. The van der Waals surface area contributed by atoms with Gasteiger partial charge in [0, 0.05) is 17.8 Å². The van der Waals surface area contributed by atoms with Gasteiger partial charge in [-0.05, 0) is 12.8 Å². The molecule has 0 atom stereocenters. The second-order valence-electron chi connectivity index (χ2n) is 3.24. The molecule has 0 saturated carbocycles. The first kappa shape index (κ1) is 8.10. The highest BCUT2D eigenvalue weighted by Gasteiger charge is 2.17. The number of nitrogens with two attached hydrogens (primary N) is 1. The normalized spacial score (nSPS) is 16.5. The van der Waals surface area contributed by atoms with Crippen molar-refractivity contribution in [3.63, 3.8) is 0 Å². The molecule has 0 fully saturated rings. The second-order valence-corrected chi connectivity index (χ2v) is 3.24. The summed E-state index contributed by atoms with van der Waals surface area (Å²) in [5.41, 5.74) is 7.43. The molecule has 0 spiro atoms. The van der Waals surface area contributed by atoms with Crippen LogP contribution in [-0.4, -0.2) is 27.7 Å². The summed E-state index contributed by atoms with van der Waals surface area (Å²) in [5, 5.41) is 6.86. The predicted octanol–water partition coefficient (Wildman–Crippen LogP) is 0.237. The summed E-state index contributed by atoms with van der Waals surface area (Å²) in [6, 6.07) is -0.353. The first-order chi connectivity index (χ1) is 6.27. The number of amides is 2. The van der Waals surface area contributed by atoms with Gasteiger partial charge in [0.05, 0.1) is 12.7 Å². The lowest BCUT2D eigenvalue weighted by Gasteiger charge is -2.16. The van der Waals surface area contributed by atoms with E-state index in [1.165, 1.54) is 0 Å². The lowest BCUT2D eigenvalue weighted by atomic mass is 10.2. The summed E-state index contributed by atoms with van der Waals surface area (Å²) >= 11 is 0. The van der Waals surface area contributed by atoms with Gasteiger partial charge in [0.1, 0.15) is 0 Å². The minimum atomic E-state index is -0.353. The quantitative estimate of drug-likeness (QED) is 0.600. The number of aryl methyl sites for hydroxylation is 1. The van der Waals surface area contributed by atoms with E-state index in [1.807, 2.05) is 0 Å². The highest BCUT2D eigenvalue weighted by Crippen LogP contribution is 2.15. The fourth-order valence-electron chi connectivity index (χ4n) is 1.61. The number of H-pyrrole nitrogens is 1. The van der Waals surface area contributed by atoms with Gasteiger partial charge in [-0.1, -0.05) is 0 Å². The molecule has 0 saturated heterocycles. The molecule has 1 aromatic rings. The Morgan fingerprint density at radius 3 is 3.31 bits per heavy atom. The lowest BCUT2D eigenvalue weighted by molar-refractivity contribution is 0.206. The van der Waals surface area contributed by atoms with Gasteiger partial charge in [-0.3, -0.25) is 5.10 Å². The fourth-order valence-corrected chi connectivity index (χ4v) is 1.61. The zero-order chi connectivity index (χ0) is 9.26. The Hall–Kier alpha value is -1.52. The van der Waals surface area contributed by atoms with E-state index in [-0.39, 0.29) is 6.03 Å². The maximum atomic E-state index is 11.0. The Balaban J connectivity index is 2.21. The molecule has 0 bridgehead atoms. The number of urea groups is 1. The van der Waals surface area contributed by atoms with E-state index in [1.54, 1.807) is 11.1 Å². The van der Waals surface area contributed by atoms with Crippen LogP contribution >= 0.6 is 0 Å². The first-order valence-electron chi connectivity index (χ1n) is 4.33. The molecule has 2 heterocycles. The predicted molar refractivity (Wildman–Crippen MR) is 46.9 cm³/mol. The number of carbonyl (C=O) groups excluding carboxylic acids is 1. The Bertz CT molecular complexity index is 320. The van der Waals surface area contributed by atoms with Gasteiger partial charge in [-0.25, -0.2) is 4.79 Å². The number of hydrogen-bond acceptors (Lipinski definition) is 2. The molecule has 0 unspecified atom stereocenters. The van der Waals surface area contributed by atoms with Gasteiger partial charge >= 0.3 is 6.03 Å². The number of rotatable bonds is 0. The summed E-state index contributed by atoms with van der Waals surface area (Å²) in [6.07, 6.45) is 3.65. The van der Waals surface area contributed by atoms with Crippen LogP contribution in [-0.2, 0) is 13.0 Å². The van der Waals surface area contributed by atoms with Crippen LogP contribution < -0.4 is 5.73 Å². The smallest absolute Gasteiger partial charge is 0.315 e. The number of primary amides is 1. The van der Waals surface area contributed by atoms with Crippen molar-refractivity contribution in [2.45, 2.75) is 19.4 Å². The van der Waals surface area contributed by atoms with E-state index >= 15 is 0 Å². The molecule has 0 aromatic carbocycles. The molecular formula is C8H12N4O. The molecule has 13 heavy (non-hydrogen) atoms. The number of nitrogens with zero attached hydrogens (tertiary/aromatic N) is 2. The van der Waals surface area contributed by atoms with Crippen LogP contribution in [0.4, 0.5) is 4.79 Å². The van der Waals surface area contributed by atoms with Gasteiger partial charge in [0.25, 0.3) is 0 Å². The number of hydrogen-bond donors (Lipinski definition) is 2.